The Morgan fingerprint density at radius 3 is 2.15 bits per heavy atom. The van der Waals surface area contributed by atoms with Crippen molar-refractivity contribution in [1.82, 2.24) is 42.2 Å². The summed E-state index contributed by atoms with van der Waals surface area (Å²) in [6.45, 7) is 5.06. The zero-order valence-electron chi connectivity index (χ0n) is 37.8. The van der Waals surface area contributed by atoms with Gasteiger partial charge in [0.05, 0.1) is 0 Å². The van der Waals surface area contributed by atoms with Gasteiger partial charge in [0.25, 0.3) is 0 Å². The van der Waals surface area contributed by atoms with Gasteiger partial charge >= 0.3 is 0 Å². The van der Waals surface area contributed by atoms with Crippen LogP contribution < -0.4 is 48.7 Å². The van der Waals surface area contributed by atoms with E-state index in [0.29, 0.717) is 12.8 Å². The third kappa shape index (κ3) is 15.3. The lowest BCUT2D eigenvalue weighted by Gasteiger charge is -2.31. The summed E-state index contributed by atoms with van der Waals surface area (Å²) < 4.78 is 0. The number of aromatic nitrogens is 1. The zero-order valence-corrected chi connectivity index (χ0v) is 37.8. The van der Waals surface area contributed by atoms with E-state index in [1.807, 2.05) is 54.6 Å². The number of fused-ring (bicyclic) bond motifs is 1. The van der Waals surface area contributed by atoms with Crippen molar-refractivity contribution in [3.8, 4) is 0 Å². The van der Waals surface area contributed by atoms with Crippen molar-refractivity contribution in [2.45, 2.75) is 134 Å². The van der Waals surface area contributed by atoms with Gasteiger partial charge in [-0.3, -0.25) is 38.6 Å². The van der Waals surface area contributed by atoms with Gasteiger partial charge in [-0.1, -0.05) is 94.5 Å². The Kier molecular flexibility index (Phi) is 18.7. The number of nitrogens with one attached hydrogen (secondary N) is 8. The molecular formula is C47H67N11O7. The first-order valence-electron chi connectivity index (χ1n) is 22.9. The number of para-hydroxylation sites is 1. The highest BCUT2D eigenvalue weighted by molar-refractivity contribution is 5.97. The van der Waals surface area contributed by atoms with Gasteiger partial charge in [0, 0.05) is 50.0 Å². The third-order valence-corrected chi connectivity index (χ3v) is 12.1. The molecule has 18 heteroatoms. The number of amides is 7. The lowest BCUT2D eigenvalue weighted by molar-refractivity contribution is -0.136. The van der Waals surface area contributed by atoms with Gasteiger partial charge < -0.3 is 53.7 Å². The second-order valence-electron chi connectivity index (χ2n) is 17.6. The van der Waals surface area contributed by atoms with Gasteiger partial charge in [-0.2, -0.15) is 0 Å². The number of rotatable bonds is 14. The van der Waals surface area contributed by atoms with Crippen LogP contribution in [0.3, 0.4) is 0 Å². The molecule has 1 saturated carbocycles. The SMILES string of the molecule is CC(=O)N[C@@H](Cc1ccccc1)C(=O)NC1CCCNC(=O)[C@H](CCCN=C(N)N)NC(=O)[C@H](Cc2c[nH]c3ccccc23)NC(=O)[C@@H](CC2CCCCC2)NC(=O)[C@H](C(C)C)NC1=O. The number of carbonyl (C=O) groups excluding carboxylic acids is 7. The molecule has 0 bridgehead atoms. The molecule has 6 atom stereocenters. The van der Waals surface area contributed by atoms with Gasteiger partial charge in [0.1, 0.15) is 36.3 Å². The van der Waals surface area contributed by atoms with Crippen LogP contribution in [0.5, 0.6) is 0 Å². The first-order chi connectivity index (χ1) is 31.2. The minimum atomic E-state index is -1.19. The number of nitrogens with two attached hydrogens (primary N) is 2. The molecule has 2 aromatic carbocycles. The minimum Gasteiger partial charge on any atom is -0.370 e. The molecule has 1 aliphatic heterocycles. The van der Waals surface area contributed by atoms with Gasteiger partial charge in [0.2, 0.25) is 41.4 Å². The van der Waals surface area contributed by atoms with Crippen molar-refractivity contribution in [2.75, 3.05) is 13.1 Å². The van der Waals surface area contributed by atoms with E-state index < -0.39 is 83.5 Å². The molecule has 2 fully saturated rings. The van der Waals surface area contributed by atoms with Crippen LogP contribution in [0.4, 0.5) is 0 Å². The maximum absolute atomic E-state index is 14.6. The van der Waals surface area contributed by atoms with Crippen LogP contribution in [0.2, 0.25) is 0 Å². The lowest BCUT2D eigenvalue weighted by atomic mass is 9.84. The number of hydrogen-bond donors (Lipinski definition) is 10. The second kappa shape index (κ2) is 24.6. The van der Waals surface area contributed by atoms with E-state index in [2.05, 4.69) is 47.2 Å². The van der Waals surface area contributed by atoms with Crippen LogP contribution in [0, 0.1) is 11.8 Å². The zero-order chi connectivity index (χ0) is 46.9. The molecular weight excluding hydrogens is 831 g/mol. The highest BCUT2D eigenvalue weighted by atomic mass is 16.2. The van der Waals surface area contributed by atoms with Crippen LogP contribution in [0.25, 0.3) is 10.9 Å². The largest absolute Gasteiger partial charge is 0.370 e. The average molecular weight is 898 g/mol. The Bertz CT molecular complexity index is 2130. The second-order valence-corrected chi connectivity index (χ2v) is 17.6. The molecule has 5 rings (SSSR count). The number of benzene rings is 2. The molecule has 18 nitrogen and oxygen atoms in total. The molecule has 7 amide bonds. The third-order valence-electron chi connectivity index (χ3n) is 12.1. The highest BCUT2D eigenvalue weighted by Gasteiger charge is 2.36. The molecule has 1 saturated heterocycles. The molecule has 12 N–H and O–H groups in total. The summed E-state index contributed by atoms with van der Waals surface area (Å²) in [7, 11) is 0. The summed E-state index contributed by atoms with van der Waals surface area (Å²) >= 11 is 0. The number of H-pyrrole nitrogens is 1. The smallest absolute Gasteiger partial charge is 0.243 e. The van der Waals surface area contributed by atoms with Crippen molar-refractivity contribution in [2.24, 2.45) is 28.3 Å². The van der Waals surface area contributed by atoms with Crippen LogP contribution in [0.15, 0.2) is 65.8 Å². The molecule has 1 unspecified atom stereocenters. The number of carbonyl (C=O) groups is 7. The average Bonchev–Trinajstić information content (AvgIpc) is 3.69. The number of hydrogen-bond acceptors (Lipinski definition) is 8. The van der Waals surface area contributed by atoms with Crippen LogP contribution in [0.1, 0.15) is 96.1 Å². The molecule has 3 aromatic rings. The number of aliphatic imine (C=N–C) groups is 1. The minimum absolute atomic E-state index is 0.0311. The quantitative estimate of drug-likeness (QED) is 0.0637. The highest BCUT2D eigenvalue weighted by Crippen LogP contribution is 2.28. The van der Waals surface area contributed by atoms with Crippen molar-refractivity contribution in [3.63, 3.8) is 0 Å². The molecule has 1 aromatic heterocycles. The van der Waals surface area contributed by atoms with E-state index in [0.717, 1.165) is 54.1 Å². The van der Waals surface area contributed by atoms with E-state index in [4.69, 9.17) is 11.5 Å². The van der Waals surface area contributed by atoms with E-state index >= 15 is 0 Å². The first-order valence-corrected chi connectivity index (χ1v) is 22.9. The Morgan fingerprint density at radius 1 is 0.769 bits per heavy atom. The van der Waals surface area contributed by atoms with Gasteiger partial charge in [-0.15, -0.1) is 0 Å². The topological polar surface area (TPSA) is 284 Å². The van der Waals surface area contributed by atoms with E-state index in [1.54, 1.807) is 20.0 Å². The maximum Gasteiger partial charge on any atom is 0.243 e. The molecule has 1 aliphatic carbocycles. The summed E-state index contributed by atoms with van der Waals surface area (Å²) in [5.74, 6) is -4.45. The molecule has 65 heavy (non-hydrogen) atoms. The van der Waals surface area contributed by atoms with Crippen molar-refractivity contribution in [1.29, 1.82) is 0 Å². The molecule has 2 heterocycles. The summed E-state index contributed by atoms with van der Waals surface area (Å²) in [5, 5.41) is 20.8. The van der Waals surface area contributed by atoms with E-state index in [-0.39, 0.29) is 57.1 Å². The number of nitrogens with zero attached hydrogens (tertiary/aromatic N) is 1. The lowest BCUT2D eigenvalue weighted by Crippen LogP contribution is -2.61. The fourth-order valence-corrected chi connectivity index (χ4v) is 8.57. The Labute approximate surface area is 380 Å². The molecule has 0 radical (unpaired) electrons. The van der Waals surface area contributed by atoms with Crippen molar-refractivity contribution < 1.29 is 33.6 Å². The number of aromatic amines is 1. The standard InChI is InChI=1S/C47H67N11O7/c1-28(2)40-46(65)57-38(25-31-16-8-5-9-17-31)44(63)56-39(26-32-27-52-34-19-11-10-18-33(32)34)45(64)54-35(20-13-23-51-47(48)49)41(60)50-22-12-21-36(42(61)58-40)55-43(62)37(53-29(3)59)24-30-14-6-4-7-15-30/h4,6-7,10-11,14-15,18-19,27-28,31,35-40,52H,5,8-9,12-13,16-17,20-26H2,1-3H3,(H,50,60)(H,53,59)(H,54,64)(H,55,62)(H,56,63)(H,57,65)(H,58,61)(H4,48,49,51)/t35-,36?,37-,38+,39-,40-/m0/s1. The van der Waals surface area contributed by atoms with Crippen LogP contribution in [-0.4, -0.2) is 102 Å². The van der Waals surface area contributed by atoms with Gasteiger partial charge in [-0.05, 0) is 61.1 Å². The summed E-state index contributed by atoms with van der Waals surface area (Å²) in [6.07, 6.45) is 7.78. The fraction of sp³-hybridized carbons (Fsp3) is 0.532. The maximum atomic E-state index is 14.6. The summed E-state index contributed by atoms with van der Waals surface area (Å²) in [5.41, 5.74) is 13.5. The van der Waals surface area contributed by atoms with E-state index in [1.165, 1.54) is 6.92 Å². The predicted molar refractivity (Wildman–Crippen MR) is 248 cm³/mol. The molecule has 0 spiro atoms. The normalized spacial score (nSPS) is 22.5. The fourth-order valence-electron chi connectivity index (χ4n) is 8.57. The first kappa shape index (κ1) is 49.6. The van der Waals surface area contributed by atoms with E-state index in [9.17, 15) is 33.6 Å². The Morgan fingerprint density at radius 2 is 1.45 bits per heavy atom. The van der Waals surface area contributed by atoms with Crippen molar-refractivity contribution in [3.05, 3.63) is 71.9 Å². The van der Waals surface area contributed by atoms with Gasteiger partial charge in [-0.25, -0.2) is 0 Å². The summed E-state index contributed by atoms with van der Waals surface area (Å²) in [4.78, 5) is 105. The van der Waals surface area contributed by atoms with Crippen LogP contribution >= 0.6 is 0 Å². The Hall–Kier alpha value is -6.46. The Balaban J connectivity index is 1.48. The van der Waals surface area contributed by atoms with Crippen LogP contribution in [-0.2, 0) is 46.4 Å². The monoisotopic (exact) mass is 898 g/mol. The molecule has 2 aliphatic rings. The molecule has 352 valence electrons. The summed E-state index contributed by atoms with van der Waals surface area (Å²) in [6, 6.07) is 10.0. The van der Waals surface area contributed by atoms with Gasteiger partial charge in [0.15, 0.2) is 5.96 Å². The predicted octanol–water partition coefficient (Wildman–Crippen LogP) is 1.47. The number of guanidine groups is 1. The van der Waals surface area contributed by atoms with Crippen molar-refractivity contribution >= 4 is 58.2 Å².